The van der Waals surface area contributed by atoms with Crippen LogP contribution in [0.1, 0.15) is 5.56 Å². The number of hydrogen-bond acceptors (Lipinski definition) is 5. The summed E-state index contributed by atoms with van der Waals surface area (Å²) in [6.45, 7) is 0. The van der Waals surface area contributed by atoms with Gasteiger partial charge in [0.15, 0.2) is 0 Å². The zero-order valence-electron chi connectivity index (χ0n) is 8.23. The molecular weight excluding hydrogens is 224 g/mol. The Morgan fingerprint density at radius 2 is 2.31 bits per heavy atom. The predicted molar refractivity (Wildman–Crippen MR) is 62.1 cm³/mol. The van der Waals surface area contributed by atoms with Crippen molar-refractivity contribution in [2.75, 3.05) is 11.1 Å². The summed E-state index contributed by atoms with van der Waals surface area (Å²) < 4.78 is 0. The van der Waals surface area contributed by atoms with Crippen LogP contribution in [0.3, 0.4) is 0 Å². The highest BCUT2D eigenvalue weighted by Crippen LogP contribution is 2.35. The number of carbonyl (C=O) groups is 1. The van der Waals surface area contributed by atoms with Crippen LogP contribution in [0, 0.1) is 0 Å². The summed E-state index contributed by atoms with van der Waals surface area (Å²) in [5.74, 6) is 0.178. The number of hydrogen-bond donors (Lipinski definition) is 2. The number of nitrogen functional groups attached to an aromatic ring is 1. The fraction of sp³-hybridized carbons (Fsp3) is 0.100. The minimum absolute atomic E-state index is 0.0493. The lowest BCUT2D eigenvalue weighted by atomic mass is 10.1. The van der Waals surface area contributed by atoms with E-state index in [-0.39, 0.29) is 18.3 Å². The van der Waals surface area contributed by atoms with Gasteiger partial charge in [-0.05, 0) is 0 Å². The Kier molecular flexibility index (Phi) is 1.90. The molecule has 0 saturated heterocycles. The normalized spacial score (nSPS) is 13.6. The molecule has 0 fully saturated rings. The second kappa shape index (κ2) is 3.28. The summed E-state index contributed by atoms with van der Waals surface area (Å²) in [5.41, 5.74) is 8.84. The second-order valence-electron chi connectivity index (χ2n) is 3.53. The monoisotopic (exact) mass is 232 g/mol. The zero-order valence-corrected chi connectivity index (χ0v) is 9.04. The van der Waals surface area contributed by atoms with Gasteiger partial charge in [-0.2, -0.15) is 0 Å². The molecule has 0 unspecified atom stereocenters. The third kappa shape index (κ3) is 1.35. The van der Waals surface area contributed by atoms with Gasteiger partial charge in [-0.3, -0.25) is 4.79 Å². The fourth-order valence-corrected chi connectivity index (χ4v) is 2.49. The van der Waals surface area contributed by atoms with E-state index in [2.05, 4.69) is 15.3 Å². The summed E-state index contributed by atoms with van der Waals surface area (Å²) in [6, 6.07) is 0. The van der Waals surface area contributed by atoms with E-state index in [0.717, 1.165) is 22.5 Å². The van der Waals surface area contributed by atoms with E-state index in [1.165, 1.54) is 11.3 Å². The molecule has 0 aromatic carbocycles. The van der Waals surface area contributed by atoms with Crippen LogP contribution in [-0.4, -0.2) is 15.9 Å². The number of anilines is 2. The molecule has 0 spiro atoms. The van der Waals surface area contributed by atoms with Crippen molar-refractivity contribution in [3.8, 4) is 11.3 Å². The molecule has 1 aliphatic heterocycles. The van der Waals surface area contributed by atoms with E-state index in [1.807, 2.05) is 10.8 Å². The average molecular weight is 232 g/mol. The summed E-state index contributed by atoms with van der Waals surface area (Å²) in [7, 11) is 0. The van der Waals surface area contributed by atoms with Gasteiger partial charge in [0.2, 0.25) is 11.9 Å². The lowest BCUT2D eigenvalue weighted by Crippen LogP contribution is -2.12. The fourth-order valence-electron chi connectivity index (χ4n) is 1.73. The summed E-state index contributed by atoms with van der Waals surface area (Å²) >= 11 is 1.52. The first kappa shape index (κ1) is 9.29. The Labute approximate surface area is 95.3 Å². The van der Waals surface area contributed by atoms with Gasteiger partial charge in [-0.25, -0.2) is 9.97 Å². The number of fused-ring (bicyclic) bond motifs is 3. The predicted octanol–water partition coefficient (Wildman–Crippen LogP) is 1.28. The van der Waals surface area contributed by atoms with Crippen LogP contribution < -0.4 is 11.1 Å². The Morgan fingerprint density at radius 1 is 1.44 bits per heavy atom. The van der Waals surface area contributed by atoms with Crippen molar-refractivity contribution in [2.45, 2.75) is 6.42 Å². The van der Waals surface area contributed by atoms with Crippen molar-refractivity contribution in [3.63, 3.8) is 0 Å². The standard InChI is InChI=1S/C10H8N4OS/c11-10-12-2-5-1-8(15)13-7-4-16-3-6(7)9(5)14-10/h2-4H,1H2,(H,13,15)(H2,11,12,14). The smallest absolute Gasteiger partial charge is 0.228 e. The van der Waals surface area contributed by atoms with Crippen LogP contribution in [0.25, 0.3) is 11.3 Å². The molecule has 2 aromatic rings. The molecule has 6 heteroatoms. The van der Waals surface area contributed by atoms with Gasteiger partial charge in [0.25, 0.3) is 0 Å². The minimum atomic E-state index is -0.0493. The first-order valence-corrected chi connectivity index (χ1v) is 5.66. The van der Waals surface area contributed by atoms with Crippen molar-refractivity contribution < 1.29 is 4.79 Å². The number of rotatable bonds is 0. The van der Waals surface area contributed by atoms with E-state index in [4.69, 9.17) is 5.73 Å². The first-order valence-electron chi connectivity index (χ1n) is 4.72. The molecule has 3 N–H and O–H groups in total. The quantitative estimate of drug-likeness (QED) is 0.717. The maximum absolute atomic E-state index is 11.6. The van der Waals surface area contributed by atoms with E-state index in [0.29, 0.717) is 0 Å². The van der Waals surface area contributed by atoms with Crippen LogP contribution in [-0.2, 0) is 11.2 Å². The van der Waals surface area contributed by atoms with Gasteiger partial charge in [0, 0.05) is 28.1 Å². The molecule has 5 nitrogen and oxygen atoms in total. The summed E-state index contributed by atoms with van der Waals surface area (Å²) in [6.07, 6.45) is 1.90. The average Bonchev–Trinajstić information content (AvgIpc) is 2.64. The van der Waals surface area contributed by atoms with Crippen molar-refractivity contribution in [2.24, 2.45) is 0 Å². The molecule has 16 heavy (non-hydrogen) atoms. The van der Waals surface area contributed by atoms with E-state index < -0.39 is 0 Å². The number of nitrogens with zero attached hydrogens (tertiary/aromatic N) is 2. The van der Waals surface area contributed by atoms with Gasteiger partial charge in [-0.15, -0.1) is 11.3 Å². The maximum atomic E-state index is 11.6. The number of aromatic nitrogens is 2. The summed E-state index contributed by atoms with van der Waals surface area (Å²) in [5, 5.41) is 6.67. The number of carbonyl (C=O) groups excluding carboxylic acids is 1. The zero-order chi connectivity index (χ0) is 11.1. The van der Waals surface area contributed by atoms with Crippen LogP contribution in [0.5, 0.6) is 0 Å². The van der Waals surface area contributed by atoms with Crippen molar-refractivity contribution in [3.05, 3.63) is 22.5 Å². The van der Waals surface area contributed by atoms with Crippen molar-refractivity contribution in [1.29, 1.82) is 0 Å². The SMILES string of the molecule is Nc1ncc2c(n1)-c1cscc1NC(=O)C2. The minimum Gasteiger partial charge on any atom is -0.368 e. The highest BCUT2D eigenvalue weighted by Gasteiger charge is 2.20. The number of nitrogens with one attached hydrogen (secondary N) is 1. The molecule has 0 bridgehead atoms. The van der Waals surface area contributed by atoms with Crippen molar-refractivity contribution in [1.82, 2.24) is 9.97 Å². The van der Waals surface area contributed by atoms with E-state index in [9.17, 15) is 4.79 Å². The molecule has 0 radical (unpaired) electrons. The van der Waals surface area contributed by atoms with Crippen molar-refractivity contribution >= 4 is 28.9 Å². The van der Waals surface area contributed by atoms with Crippen LogP contribution in [0.15, 0.2) is 17.0 Å². The van der Waals surface area contributed by atoms with Gasteiger partial charge >= 0.3 is 0 Å². The molecule has 0 aliphatic carbocycles. The molecule has 0 atom stereocenters. The van der Waals surface area contributed by atoms with Crippen LogP contribution >= 0.6 is 11.3 Å². The lowest BCUT2D eigenvalue weighted by Gasteiger charge is -2.03. The summed E-state index contributed by atoms with van der Waals surface area (Å²) in [4.78, 5) is 19.7. The Hall–Kier alpha value is -1.95. The van der Waals surface area contributed by atoms with E-state index in [1.54, 1.807) is 6.20 Å². The molecule has 1 amide bonds. The van der Waals surface area contributed by atoms with Crippen LogP contribution in [0.2, 0.25) is 0 Å². The van der Waals surface area contributed by atoms with Gasteiger partial charge in [0.05, 0.1) is 17.8 Å². The lowest BCUT2D eigenvalue weighted by molar-refractivity contribution is -0.115. The topological polar surface area (TPSA) is 80.9 Å². The highest BCUT2D eigenvalue weighted by atomic mass is 32.1. The van der Waals surface area contributed by atoms with E-state index >= 15 is 0 Å². The highest BCUT2D eigenvalue weighted by molar-refractivity contribution is 7.08. The molecule has 0 saturated carbocycles. The molecule has 2 aromatic heterocycles. The number of nitrogens with two attached hydrogens (primary N) is 1. The second-order valence-corrected chi connectivity index (χ2v) is 4.27. The van der Waals surface area contributed by atoms with Gasteiger partial charge < -0.3 is 11.1 Å². The first-order chi connectivity index (χ1) is 7.74. The maximum Gasteiger partial charge on any atom is 0.228 e. The Balaban J connectivity index is 2.29. The Morgan fingerprint density at radius 3 is 3.19 bits per heavy atom. The molecule has 1 aliphatic rings. The molecule has 80 valence electrons. The van der Waals surface area contributed by atoms with Gasteiger partial charge in [0.1, 0.15) is 0 Å². The molecule has 3 heterocycles. The van der Waals surface area contributed by atoms with Gasteiger partial charge in [-0.1, -0.05) is 0 Å². The third-order valence-corrected chi connectivity index (χ3v) is 3.17. The third-order valence-electron chi connectivity index (χ3n) is 2.43. The number of amides is 1. The largest absolute Gasteiger partial charge is 0.368 e. The Bertz CT molecular complexity index is 578. The van der Waals surface area contributed by atoms with Crippen LogP contribution in [0.4, 0.5) is 11.6 Å². The number of thiophene rings is 1. The molecule has 3 rings (SSSR count). The molecular formula is C10H8N4OS.